The Kier molecular flexibility index (Phi) is 4.23. The van der Waals surface area contributed by atoms with Crippen LogP contribution in [-0.2, 0) is 11.3 Å². The normalized spacial score (nSPS) is 11.7. The molecule has 0 atom stereocenters. The number of H-pyrrole nitrogens is 1. The number of aromatic amines is 1. The molecule has 4 nitrogen and oxygen atoms in total. The summed E-state index contributed by atoms with van der Waals surface area (Å²) in [5.41, 5.74) is 0.854. The lowest BCUT2D eigenvalue weighted by Crippen LogP contribution is -2.21. The predicted octanol–water partition coefficient (Wildman–Crippen LogP) is 2.08. The second kappa shape index (κ2) is 5.23. The highest BCUT2D eigenvalue weighted by Gasteiger charge is 2.12. The fourth-order valence-corrected chi connectivity index (χ4v) is 1.83. The highest BCUT2D eigenvalue weighted by atomic mass is 28.3. The zero-order valence-electron chi connectivity index (χ0n) is 9.54. The van der Waals surface area contributed by atoms with Crippen molar-refractivity contribution in [3.05, 3.63) is 17.7 Å². The lowest BCUT2D eigenvalue weighted by molar-refractivity contribution is 0.111. The fraction of sp³-hybridized carbons (Fsp3) is 0.600. The van der Waals surface area contributed by atoms with E-state index in [0.29, 0.717) is 18.7 Å². The summed E-state index contributed by atoms with van der Waals surface area (Å²) < 4.78 is 5.50. The lowest BCUT2D eigenvalue weighted by atomic mass is 10.5. The van der Waals surface area contributed by atoms with E-state index < -0.39 is 8.07 Å². The number of nitrogens with one attached hydrogen (secondary N) is 1. The Labute approximate surface area is 91.1 Å². The van der Waals surface area contributed by atoms with Crippen LogP contribution < -0.4 is 0 Å². The maximum absolute atomic E-state index is 10.4. The van der Waals surface area contributed by atoms with Crippen molar-refractivity contribution in [2.75, 3.05) is 6.61 Å². The summed E-state index contributed by atoms with van der Waals surface area (Å²) in [6.45, 7) is 8.24. The van der Waals surface area contributed by atoms with Gasteiger partial charge in [0.15, 0.2) is 12.1 Å². The molecule has 0 saturated carbocycles. The average molecular weight is 226 g/mol. The third kappa shape index (κ3) is 4.90. The number of nitrogens with zero attached hydrogens (tertiary/aromatic N) is 1. The van der Waals surface area contributed by atoms with E-state index in [0.717, 1.165) is 18.3 Å². The van der Waals surface area contributed by atoms with Gasteiger partial charge in [-0.2, -0.15) is 0 Å². The summed E-state index contributed by atoms with van der Waals surface area (Å²) in [7, 11) is -1.00. The zero-order chi connectivity index (χ0) is 11.3. The molecule has 1 N–H and O–H groups in total. The minimum absolute atomic E-state index is 0.360. The van der Waals surface area contributed by atoms with Crippen molar-refractivity contribution in [3.63, 3.8) is 0 Å². The van der Waals surface area contributed by atoms with E-state index in [2.05, 4.69) is 29.6 Å². The van der Waals surface area contributed by atoms with Crippen molar-refractivity contribution in [2.24, 2.45) is 0 Å². The molecule has 0 unspecified atom stereocenters. The van der Waals surface area contributed by atoms with Crippen molar-refractivity contribution in [3.8, 4) is 0 Å². The number of carbonyl (C=O) groups is 1. The van der Waals surface area contributed by atoms with E-state index in [-0.39, 0.29) is 0 Å². The highest BCUT2D eigenvalue weighted by molar-refractivity contribution is 6.76. The van der Waals surface area contributed by atoms with Gasteiger partial charge in [-0.25, -0.2) is 4.98 Å². The maximum atomic E-state index is 10.4. The SMILES string of the molecule is C[Si](C)(C)CCOCc1cnc(C=O)[nH]1. The van der Waals surface area contributed by atoms with E-state index in [1.165, 1.54) is 0 Å². The molecule has 1 aromatic heterocycles. The van der Waals surface area contributed by atoms with Crippen LogP contribution in [0.1, 0.15) is 16.3 Å². The van der Waals surface area contributed by atoms with E-state index in [9.17, 15) is 4.79 Å². The number of carbonyl (C=O) groups excluding carboxylic acids is 1. The molecule has 0 aliphatic rings. The molecule has 1 aromatic rings. The fourth-order valence-electron chi connectivity index (χ4n) is 1.07. The number of imidazole rings is 1. The summed E-state index contributed by atoms with van der Waals surface area (Å²) >= 11 is 0. The molecule has 0 spiro atoms. The van der Waals surface area contributed by atoms with Crippen LogP contribution in [0.5, 0.6) is 0 Å². The van der Waals surface area contributed by atoms with E-state index in [1.807, 2.05) is 0 Å². The van der Waals surface area contributed by atoms with Gasteiger partial charge in [-0.15, -0.1) is 0 Å². The summed E-state index contributed by atoms with van der Waals surface area (Å²) in [4.78, 5) is 17.1. The number of aldehydes is 1. The van der Waals surface area contributed by atoms with E-state index >= 15 is 0 Å². The molecule has 5 heteroatoms. The van der Waals surface area contributed by atoms with Gasteiger partial charge >= 0.3 is 0 Å². The van der Waals surface area contributed by atoms with Crippen LogP contribution >= 0.6 is 0 Å². The quantitative estimate of drug-likeness (QED) is 0.459. The Morgan fingerprint density at radius 3 is 2.80 bits per heavy atom. The molecule has 0 amide bonds. The standard InChI is InChI=1S/C10H18N2O2Si/c1-15(2,3)5-4-14-8-9-6-11-10(7-13)12-9/h6-7H,4-5,8H2,1-3H3,(H,11,12). The van der Waals surface area contributed by atoms with Crippen LogP contribution in [0.15, 0.2) is 6.20 Å². The molecule has 0 aromatic carbocycles. The molecule has 0 fully saturated rings. The summed E-state index contributed by atoms with van der Waals surface area (Å²) in [6.07, 6.45) is 2.34. The monoisotopic (exact) mass is 226 g/mol. The third-order valence-electron chi connectivity index (χ3n) is 2.01. The van der Waals surface area contributed by atoms with Crippen molar-refractivity contribution in [1.82, 2.24) is 9.97 Å². The lowest BCUT2D eigenvalue weighted by Gasteiger charge is -2.14. The second-order valence-corrected chi connectivity index (χ2v) is 10.4. The Morgan fingerprint density at radius 2 is 2.27 bits per heavy atom. The van der Waals surface area contributed by atoms with Crippen LogP contribution in [0.25, 0.3) is 0 Å². The van der Waals surface area contributed by atoms with Crippen molar-refractivity contribution >= 4 is 14.4 Å². The Hall–Kier alpha value is -0.943. The smallest absolute Gasteiger partial charge is 0.185 e. The minimum atomic E-state index is -1.00. The number of hydrogen-bond acceptors (Lipinski definition) is 3. The molecule has 84 valence electrons. The number of ether oxygens (including phenoxy) is 1. The van der Waals surface area contributed by atoms with Gasteiger partial charge in [0, 0.05) is 14.7 Å². The first-order valence-electron chi connectivity index (χ1n) is 5.08. The summed E-state index contributed by atoms with van der Waals surface area (Å²) in [5.74, 6) is 0.360. The molecule has 1 heterocycles. The average Bonchev–Trinajstić information content (AvgIpc) is 2.59. The van der Waals surface area contributed by atoms with Gasteiger partial charge < -0.3 is 9.72 Å². The number of rotatable bonds is 6. The minimum Gasteiger partial charge on any atom is -0.375 e. The predicted molar refractivity (Wildman–Crippen MR) is 61.8 cm³/mol. The Morgan fingerprint density at radius 1 is 1.53 bits per heavy atom. The third-order valence-corrected chi connectivity index (χ3v) is 3.72. The molecule has 0 radical (unpaired) electrons. The number of aromatic nitrogens is 2. The van der Waals surface area contributed by atoms with Crippen LogP contribution in [0.3, 0.4) is 0 Å². The Bertz CT molecular complexity index is 317. The van der Waals surface area contributed by atoms with Gasteiger partial charge in [0.05, 0.1) is 18.5 Å². The first-order valence-corrected chi connectivity index (χ1v) is 8.79. The first kappa shape index (κ1) is 12.1. The first-order chi connectivity index (χ1) is 7.01. The van der Waals surface area contributed by atoms with Crippen molar-refractivity contribution in [1.29, 1.82) is 0 Å². The topological polar surface area (TPSA) is 55.0 Å². The van der Waals surface area contributed by atoms with Crippen molar-refractivity contribution in [2.45, 2.75) is 32.3 Å². The van der Waals surface area contributed by atoms with Crippen LogP contribution in [0.4, 0.5) is 0 Å². The summed E-state index contributed by atoms with van der Waals surface area (Å²) in [6, 6.07) is 1.15. The summed E-state index contributed by atoms with van der Waals surface area (Å²) in [5, 5.41) is 0. The molecule has 15 heavy (non-hydrogen) atoms. The van der Waals surface area contributed by atoms with Gasteiger partial charge in [-0.1, -0.05) is 19.6 Å². The van der Waals surface area contributed by atoms with E-state index in [4.69, 9.17) is 4.74 Å². The largest absolute Gasteiger partial charge is 0.375 e. The Balaban J connectivity index is 2.23. The molecular formula is C10H18N2O2Si. The molecule has 1 rings (SSSR count). The zero-order valence-corrected chi connectivity index (χ0v) is 10.5. The van der Waals surface area contributed by atoms with Gasteiger partial charge in [0.1, 0.15) is 0 Å². The molecule has 0 saturated heterocycles. The molecular weight excluding hydrogens is 208 g/mol. The molecule has 0 aliphatic heterocycles. The van der Waals surface area contributed by atoms with Gasteiger partial charge in [0.25, 0.3) is 0 Å². The van der Waals surface area contributed by atoms with E-state index in [1.54, 1.807) is 6.20 Å². The molecule has 0 bridgehead atoms. The number of hydrogen-bond donors (Lipinski definition) is 1. The van der Waals surface area contributed by atoms with Crippen LogP contribution in [-0.4, -0.2) is 30.9 Å². The maximum Gasteiger partial charge on any atom is 0.185 e. The molecule has 0 aliphatic carbocycles. The van der Waals surface area contributed by atoms with Gasteiger partial charge in [0.2, 0.25) is 0 Å². The second-order valence-electron chi connectivity index (χ2n) is 4.77. The highest BCUT2D eigenvalue weighted by Crippen LogP contribution is 2.08. The van der Waals surface area contributed by atoms with Gasteiger partial charge in [-0.05, 0) is 6.04 Å². The van der Waals surface area contributed by atoms with Crippen molar-refractivity contribution < 1.29 is 9.53 Å². The van der Waals surface area contributed by atoms with Crippen LogP contribution in [0, 0.1) is 0 Å². The van der Waals surface area contributed by atoms with Crippen LogP contribution in [0.2, 0.25) is 25.7 Å². The van der Waals surface area contributed by atoms with Gasteiger partial charge in [-0.3, -0.25) is 4.79 Å².